The van der Waals surface area contributed by atoms with E-state index in [1.54, 1.807) is 0 Å². The summed E-state index contributed by atoms with van der Waals surface area (Å²) in [5.74, 6) is -0.176. The summed E-state index contributed by atoms with van der Waals surface area (Å²) >= 11 is 0. The van der Waals surface area contributed by atoms with Crippen LogP contribution in [0.1, 0.15) is 40.5 Å². The van der Waals surface area contributed by atoms with Crippen molar-refractivity contribution in [3.8, 4) is 6.07 Å². The molecule has 0 saturated heterocycles. The second-order valence-electron chi connectivity index (χ2n) is 4.82. The summed E-state index contributed by atoms with van der Waals surface area (Å²) in [4.78, 5) is 11.7. The highest BCUT2D eigenvalue weighted by atomic mass is 16.2. The van der Waals surface area contributed by atoms with Gasteiger partial charge < -0.3 is 11.1 Å². The van der Waals surface area contributed by atoms with E-state index in [1.165, 1.54) is 0 Å². The van der Waals surface area contributed by atoms with Gasteiger partial charge in [-0.25, -0.2) is 0 Å². The van der Waals surface area contributed by atoms with E-state index in [0.29, 0.717) is 6.42 Å². The number of hydrogen-bond acceptors (Lipinski definition) is 3. The first-order chi connectivity index (χ1) is 6.82. The number of nitrogens with zero attached hydrogens (tertiary/aromatic N) is 1. The van der Waals surface area contributed by atoms with Crippen LogP contribution >= 0.6 is 0 Å². The third kappa shape index (κ3) is 4.80. The zero-order valence-electron chi connectivity index (χ0n) is 10.0. The monoisotopic (exact) mass is 211 g/mol. The number of carbonyl (C=O) groups is 1. The van der Waals surface area contributed by atoms with Crippen LogP contribution in [0, 0.1) is 16.7 Å². The lowest BCUT2D eigenvalue weighted by Gasteiger charge is -2.27. The third-order valence-electron chi connectivity index (χ3n) is 2.39. The second-order valence-corrected chi connectivity index (χ2v) is 4.82. The number of nitriles is 1. The maximum absolute atomic E-state index is 11.7. The lowest BCUT2D eigenvalue weighted by atomic mass is 9.86. The molecule has 0 bridgehead atoms. The summed E-state index contributed by atoms with van der Waals surface area (Å²) in [5.41, 5.74) is 5.54. The fourth-order valence-corrected chi connectivity index (χ4v) is 1.09. The molecule has 0 aromatic carbocycles. The Bertz CT molecular complexity index is 250. The van der Waals surface area contributed by atoms with Crippen LogP contribution in [-0.4, -0.2) is 18.0 Å². The third-order valence-corrected chi connectivity index (χ3v) is 2.39. The molecule has 86 valence electrons. The predicted molar refractivity (Wildman–Crippen MR) is 59.9 cm³/mol. The van der Waals surface area contributed by atoms with Crippen molar-refractivity contribution in [1.29, 1.82) is 5.26 Å². The van der Waals surface area contributed by atoms with E-state index in [-0.39, 0.29) is 17.4 Å². The van der Waals surface area contributed by atoms with E-state index in [4.69, 9.17) is 11.0 Å². The molecule has 0 aromatic heterocycles. The van der Waals surface area contributed by atoms with Crippen molar-refractivity contribution in [3.05, 3.63) is 0 Å². The summed E-state index contributed by atoms with van der Waals surface area (Å²) in [7, 11) is 0. The van der Waals surface area contributed by atoms with Crippen LogP contribution in [-0.2, 0) is 4.79 Å². The van der Waals surface area contributed by atoms with E-state index < -0.39 is 6.04 Å². The second kappa shape index (κ2) is 5.72. The quantitative estimate of drug-likeness (QED) is 0.732. The van der Waals surface area contributed by atoms with Gasteiger partial charge >= 0.3 is 0 Å². The minimum absolute atomic E-state index is 0.0871. The molecular weight excluding hydrogens is 190 g/mol. The summed E-state index contributed by atoms with van der Waals surface area (Å²) in [5, 5.41) is 11.3. The number of rotatable bonds is 4. The predicted octanol–water partition coefficient (Wildman–Crippen LogP) is 1.17. The van der Waals surface area contributed by atoms with Crippen LogP contribution in [0.3, 0.4) is 0 Å². The van der Waals surface area contributed by atoms with Crippen LogP contribution in [0.25, 0.3) is 0 Å². The molecule has 3 N–H and O–H groups in total. The van der Waals surface area contributed by atoms with Crippen LogP contribution in [0.5, 0.6) is 0 Å². The van der Waals surface area contributed by atoms with Gasteiger partial charge in [0.25, 0.3) is 0 Å². The Morgan fingerprint density at radius 1 is 1.53 bits per heavy atom. The molecule has 4 nitrogen and oxygen atoms in total. The average Bonchev–Trinajstić information content (AvgIpc) is 2.14. The zero-order chi connectivity index (χ0) is 12.1. The van der Waals surface area contributed by atoms with Crippen molar-refractivity contribution in [1.82, 2.24) is 5.32 Å². The fraction of sp³-hybridized carbons (Fsp3) is 0.818. The summed E-state index contributed by atoms with van der Waals surface area (Å²) in [6.07, 6.45) is 1.08. The fourth-order valence-electron chi connectivity index (χ4n) is 1.09. The van der Waals surface area contributed by atoms with Crippen LogP contribution in [0.2, 0.25) is 0 Å². The molecule has 0 spiro atoms. The molecule has 0 aromatic rings. The van der Waals surface area contributed by atoms with Crippen LogP contribution in [0.15, 0.2) is 0 Å². The highest BCUT2D eigenvalue weighted by Gasteiger charge is 2.28. The molecule has 0 aliphatic rings. The van der Waals surface area contributed by atoms with Gasteiger partial charge in [-0.2, -0.15) is 5.26 Å². The molecule has 0 heterocycles. The van der Waals surface area contributed by atoms with E-state index in [2.05, 4.69) is 5.32 Å². The standard InChI is InChI=1S/C11H21N3O/c1-5-8(6-7-12)14-10(15)9(13)11(2,3)4/h8-9H,5-6,13H2,1-4H3,(H,14,15)/t8?,9-/m1/s1. The van der Waals surface area contributed by atoms with Crippen molar-refractivity contribution < 1.29 is 4.79 Å². The van der Waals surface area contributed by atoms with Gasteiger partial charge in [0.15, 0.2) is 0 Å². The van der Waals surface area contributed by atoms with Gasteiger partial charge in [-0.05, 0) is 11.8 Å². The molecule has 2 atom stereocenters. The number of nitrogens with two attached hydrogens (primary N) is 1. The maximum atomic E-state index is 11.7. The largest absolute Gasteiger partial charge is 0.351 e. The molecule has 1 unspecified atom stereocenters. The molecule has 1 amide bonds. The maximum Gasteiger partial charge on any atom is 0.237 e. The van der Waals surface area contributed by atoms with Gasteiger partial charge in [0, 0.05) is 6.04 Å². The van der Waals surface area contributed by atoms with E-state index >= 15 is 0 Å². The van der Waals surface area contributed by atoms with E-state index in [1.807, 2.05) is 33.8 Å². The van der Waals surface area contributed by atoms with Crippen molar-refractivity contribution in [2.24, 2.45) is 11.1 Å². The smallest absolute Gasteiger partial charge is 0.237 e. The lowest BCUT2D eigenvalue weighted by molar-refractivity contribution is -0.125. The molecular formula is C11H21N3O. The van der Waals surface area contributed by atoms with Gasteiger partial charge in [-0.15, -0.1) is 0 Å². The minimum Gasteiger partial charge on any atom is -0.351 e. The molecule has 15 heavy (non-hydrogen) atoms. The summed E-state index contributed by atoms with van der Waals surface area (Å²) in [6, 6.07) is 1.42. The Labute approximate surface area is 91.8 Å². The first-order valence-corrected chi connectivity index (χ1v) is 5.25. The van der Waals surface area contributed by atoms with Gasteiger partial charge in [0.05, 0.1) is 18.5 Å². The Morgan fingerprint density at radius 3 is 2.40 bits per heavy atom. The molecule has 0 fully saturated rings. The number of hydrogen-bond donors (Lipinski definition) is 2. The van der Waals surface area contributed by atoms with Crippen LogP contribution < -0.4 is 11.1 Å². The van der Waals surface area contributed by atoms with Gasteiger partial charge in [-0.1, -0.05) is 27.7 Å². The minimum atomic E-state index is -0.537. The van der Waals surface area contributed by atoms with Crippen molar-refractivity contribution in [3.63, 3.8) is 0 Å². The Hall–Kier alpha value is -1.08. The molecule has 0 radical (unpaired) electrons. The highest BCUT2D eigenvalue weighted by molar-refractivity contribution is 5.82. The Kier molecular flexibility index (Phi) is 5.31. The average molecular weight is 211 g/mol. The molecule has 0 aliphatic heterocycles. The lowest BCUT2D eigenvalue weighted by Crippen LogP contribution is -2.51. The van der Waals surface area contributed by atoms with Crippen LogP contribution in [0.4, 0.5) is 0 Å². The van der Waals surface area contributed by atoms with Gasteiger partial charge in [0.2, 0.25) is 5.91 Å². The SMILES string of the molecule is CCC(CC#N)NC(=O)[C@@H](N)C(C)(C)C. The number of nitrogens with one attached hydrogen (secondary N) is 1. The molecule has 4 heteroatoms. The normalized spacial score (nSPS) is 15.2. The first kappa shape index (κ1) is 13.9. The van der Waals surface area contributed by atoms with Gasteiger partial charge in [0.1, 0.15) is 0 Å². The van der Waals surface area contributed by atoms with E-state index in [9.17, 15) is 4.79 Å². The zero-order valence-corrected chi connectivity index (χ0v) is 10.0. The Balaban J connectivity index is 4.30. The van der Waals surface area contributed by atoms with E-state index in [0.717, 1.165) is 6.42 Å². The number of amides is 1. The van der Waals surface area contributed by atoms with Crippen molar-refractivity contribution >= 4 is 5.91 Å². The highest BCUT2D eigenvalue weighted by Crippen LogP contribution is 2.17. The topological polar surface area (TPSA) is 78.9 Å². The summed E-state index contributed by atoms with van der Waals surface area (Å²) in [6.45, 7) is 7.69. The van der Waals surface area contributed by atoms with Crippen molar-refractivity contribution in [2.75, 3.05) is 0 Å². The number of carbonyl (C=O) groups excluding carboxylic acids is 1. The van der Waals surface area contributed by atoms with Gasteiger partial charge in [-0.3, -0.25) is 4.79 Å². The van der Waals surface area contributed by atoms with Crippen molar-refractivity contribution in [2.45, 2.75) is 52.6 Å². The molecule has 0 rings (SSSR count). The first-order valence-electron chi connectivity index (χ1n) is 5.25. The Morgan fingerprint density at radius 2 is 2.07 bits per heavy atom. The molecule has 0 aliphatic carbocycles. The summed E-state index contributed by atoms with van der Waals surface area (Å²) < 4.78 is 0. The molecule has 0 saturated carbocycles.